The van der Waals surface area contributed by atoms with E-state index in [0.717, 1.165) is 12.8 Å². The molecule has 0 spiro atoms. The molecule has 0 fully saturated rings. The van der Waals surface area contributed by atoms with Gasteiger partial charge in [0, 0.05) is 6.92 Å². The van der Waals surface area contributed by atoms with Crippen LogP contribution in [0.2, 0.25) is 0 Å². The molecule has 1 amide bonds. The van der Waals surface area contributed by atoms with E-state index in [9.17, 15) is 9.90 Å². The lowest BCUT2D eigenvalue weighted by molar-refractivity contribution is -0.120. The molecule has 0 aromatic carbocycles. The summed E-state index contributed by atoms with van der Waals surface area (Å²) < 4.78 is 0. The summed E-state index contributed by atoms with van der Waals surface area (Å²) >= 11 is 0. The highest BCUT2D eigenvalue weighted by molar-refractivity contribution is 5.73. The zero-order valence-electron chi connectivity index (χ0n) is 13.0. The van der Waals surface area contributed by atoms with Gasteiger partial charge >= 0.3 is 0 Å². The van der Waals surface area contributed by atoms with Crippen LogP contribution in [0.4, 0.5) is 0 Å². The third-order valence-electron chi connectivity index (χ3n) is 3.31. The standard InChI is InChI=1S/C16H31NO3/c1-3-4-5-6-7-8-9-10-11-12-16(20)15(13-18)17-14(2)19/h11-12,15-16,18,20H,3-10,13H2,1-2H3,(H,17,19). The van der Waals surface area contributed by atoms with Crippen LogP contribution in [0.25, 0.3) is 0 Å². The van der Waals surface area contributed by atoms with E-state index in [4.69, 9.17) is 5.11 Å². The molecule has 0 aliphatic carbocycles. The first kappa shape index (κ1) is 19.1. The largest absolute Gasteiger partial charge is 0.394 e. The summed E-state index contributed by atoms with van der Waals surface area (Å²) in [6.45, 7) is 3.33. The maximum absolute atomic E-state index is 10.9. The number of allylic oxidation sites excluding steroid dienone is 1. The van der Waals surface area contributed by atoms with Crippen molar-refractivity contribution < 1.29 is 15.0 Å². The highest BCUT2D eigenvalue weighted by Gasteiger charge is 2.15. The molecule has 0 saturated heterocycles. The summed E-state index contributed by atoms with van der Waals surface area (Å²) in [4.78, 5) is 10.9. The molecule has 118 valence electrons. The molecule has 0 aliphatic heterocycles. The number of aliphatic hydroxyl groups excluding tert-OH is 2. The minimum absolute atomic E-state index is 0.247. The van der Waals surface area contributed by atoms with Crippen LogP contribution in [0, 0.1) is 0 Å². The number of nitrogens with one attached hydrogen (secondary N) is 1. The molecular formula is C16H31NO3. The number of unbranched alkanes of at least 4 members (excludes halogenated alkanes) is 7. The number of hydrogen-bond acceptors (Lipinski definition) is 3. The van der Waals surface area contributed by atoms with Gasteiger partial charge in [0.1, 0.15) is 0 Å². The van der Waals surface area contributed by atoms with Crippen molar-refractivity contribution in [2.45, 2.75) is 77.4 Å². The zero-order valence-corrected chi connectivity index (χ0v) is 13.0. The molecular weight excluding hydrogens is 254 g/mol. The van der Waals surface area contributed by atoms with E-state index in [1.54, 1.807) is 6.08 Å². The van der Waals surface area contributed by atoms with E-state index in [0.29, 0.717) is 0 Å². The summed E-state index contributed by atoms with van der Waals surface area (Å²) in [6, 6.07) is -0.613. The summed E-state index contributed by atoms with van der Waals surface area (Å²) in [7, 11) is 0. The maximum atomic E-state index is 10.9. The van der Waals surface area contributed by atoms with Crippen molar-refractivity contribution in [3.8, 4) is 0 Å². The van der Waals surface area contributed by atoms with Crippen molar-refractivity contribution in [2.75, 3.05) is 6.61 Å². The van der Waals surface area contributed by atoms with Crippen LogP contribution in [0.3, 0.4) is 0 Å². The molecule has 0 rings (SSSR count). The Balaban J connectivity index is 3.64. The first-order chi connectivity index (χ1) is 9.61. The van der Waals surface area contributed by atoms with Crippen molar-refractivity contribution in [3.05, 3.63) is 12.2 Å². The van der Waals surface area contributed by atoms with Crippen molar-refractivity contribution in [3.63, 3.8) is 0 Å². The monoisotopic (exact) mass is 285 g/mol. The van der Waals surface area contributed by atoms with E-state index in [1.165, 1.54) is 45.4 Å². The van der Waals surface area contributed by atoms with Crippen LogP contribution >= 0.6 is 0 Å². The van der Waals surface area contributed by atoms with Crippen LogP contribution in [0.5, 0.6) is 0 Å². The minimum atomic E-state index is -0.826. The Morgan fingerprint density at radius 3 is 2.30 bits per heavy atom. The van der Waals surface area contributed by atoms with Crippen LogP contribution in [-0.2, 0) is 4.79 Å². The maximum Gasteiger partial charge on any atom is 0.217 e. The first-order valence-corrected chi connectivity index (χ1v) is 7.84. The van der Waals surface area contributed by atoms with Gasteiger partial charge in [0.2, 0.25) is 5.91 Å². The second kappa shape index (κ2) is 13.1. The number of hydrogen-bond donors (Lipinski definition) is 3. The van der Waals surface area contributed by atoms with Gasteiger partial charge in [0.25, 0.3) is 0 Å². The number of carbonyl (C=O) groups excluding carboxylic acids is 1. The van der Waals surface area contributed by atoms with E-state index in [2.05, 4.69) is 12.2 Å². The lowest BCUT2D eigenvalue weighted by Crippen LogP contribution is -2.44. The predicted octanol–water partition coefficient (Wildman–Crippen LogP) is 2.54. The Labute approximate surface area is 123 Å². The van der Waals surface area contributed by atoms with Gasteiger partial charge in [-0.2, -0.15) is 0 Å². The Morgan fingerprint density at radius 2 is 1.75 bits per heavy atom. The molecule has 2 unspecified atom stereocenters. The third-order valence-corrected chi connectivity index (χ3v) is 3.31. The van der Waals surface area contributed by atoms with Crippen LogP contribution in [0.1, 0.15) is 65.2 Å². The fourth-order valence-electron chi connectivity index (χ4n) is 2.09. The van der Waals surface area contributed by atoms with Crippen LogP contribution in [-0.4, -0.2) is 34.9 Å². The Morgan fingerprint density at radius 1 is 1.15 bits per heavy atom. The van der Waals surface area contributed by atoms with Gasteiger partial charge in [0.05, 0.1) is 18.8 Å². The number of amides is 1. The Kier molecular flexibility index (Phi) is 12.6. The van der Waals surface area contributed by atoms with E-state index in [1.807, 2.05) is 6.08 Å². The zero-order chi connectivity index (χ0) is 15.2. The molecule has 0 aliphatic rings. The fraction of sp³-hybridized carbons (Fsp3) is 0.812. The molecule has 0 saturated carbocycles. The highest BCUT2D eigenvalue weighted by Crippen LogP contribution is 2.09. The average Bonchev–Trinajstić information content (AvgIpc) is 2.42. The quantitative estimate of drug-likeness (QED) is 0.381. The second-order valence-electron chi connectivity index (χ2n) is 5.32. The van der Waals surface area contributed by atoms with E-state index < -0.39 is 12.1 Å². The van der Waals surface area contributed by atoms with Gasteiger partial charge < -0.3 is 15.5 Å². The van der Waals surface area contributed by atoms with Gasteiger partial charge in [-0.3, -0.25) is 4.79 Å². The Bertz CT molecular complexity index is 266. The van der Waals surface area contributed by atoms with Gasteiger partial charge in [-0.15, -0.1) is 0 Å². The second-order valence-corrected chi connectivity index (χ2v) is 5.32. The molecule has 4 heteroatoms. The fourth-order valence-corrected chi connectivity index (χ4v) is 2.09. The number of rotatable bonds is 12. The van der Waals surface area contributed by atoms with Gasteiger partial charge in [0.15, 0.2) is 0 Å². The molecule has 0 radical (unpaired) electrons. The topological polar surface area (TPSA) is 69.6 Å². The predicted molar refractivity (Wildman–Crippen MR) is 82.4 cm³/mol. The van der Waals surface area contributed by atoms with Crippen molar-refractivity contribution >= 4 is 5.91 Å². The molecule has 3 N–H and O–H groups in total. The SMILES string of the molecule is CCCCCCCCCC=CC(O)C(CO)NC(C)=O. The summed E-state index contributed by atoms with van der Waals surface area (Å²) in [5.41, 5.74) is 0. The summed E-state index contributed by atoms with van der Waals surface area (Å²) in [5.74, 6) is -0.247. The first-order valence-electron chi connectivity index (χ1n) is 7.84. The Hall–Kier alpha value is -0.870. The minimum Gasteiger partial charge on any atom is -0.394 e. The van der Waals surface area contributed by atoms with Crippen LogP contribution in [0.15, 0.2) is 12.2 Å². The molecule has 20 heavy (non-hydrogen) atoms. The molecule has 0 heterocycles. The van der Waals surface area contributed by atoms with Crippen molar-refractivity contribution in [1.82, 2.24) is 5.32 Å². The number of carbonyl (C=O) groups is 1. The van der Waals surface area contributed by atoms with Crippen molar-refractivity contribution in [1.29, 1.82) is 0 Å². The van der Waals surface area contributed by atoms with Gasteiger partial charge in [-0.05, 0) is 12.8 Å². The van der Waals surface area contributed by atoms with Gasteiger partial charge in [-0.1, -0.05) is 57.6 Å². The van der Waals surface area contributed by atoms with Crippen LogP contribution < -0.4 is 5.32 Å². The molecule has 0 bridgehead atoms. The summed E-state index contributed by atoms with van der Waals surface area (Å²) in [5, 5.41) is 21.4. The summed E-state index contributed by atoms with van der Waals surface area (Å²) in [6.07, 6.45) is 12.6. The smallest absolute Gasteiger partial charge is 0.217 e. The molecule has 4 nitrogen and oxygen atoms in total. The van der Waals surface area contributed by atoms with E-state index in [-0.39, 0.29) is 12.5 Å². The van der Waals surface area contributed by atoms with Crippen molar-refractivity contribution in [2.24, 2.45) is 0 Å². The molecule has 2 atom stereocenters. The normalized spacial score (nSPS) is 14.4. The average molecular weight is 285 g/mol. The molecule has 0 aromatic heterocycles. The lowest BCUT2D eigenvalue weighted by Gasteiger charge is -2.18. The number of aliphatic hydroxyl groups is 2. The third kappa shape index (κ3) is 11.0. The molecule has 0 aromatic rings. The highest BCUT2D eigenvalue weighted by atomic mass is 16.3. The van der Waals surface area contributed by atoms with E-state index >= 15 is 0 Å². The lowest BCUT2D eigenvalue weighted by atomic mass is 10.1. The van der Waals surface area contributed by atoms with Gasteiger partial charge in [-0.25, -0.2) is 0 Å².